The summed E-state index contributed by atoms with van der Waals surface area (Å²) in [4.78, 5) is 35.2. The number of rotatable bonds is 4. The third-order valence-electron chi connectivity index (χ3n) is 5.35. The van der Waals surface area contributed by atoms with Gasteiger partial charge >= 0.3 is 12.0 Å². The van der Waals surface area contributed by atoms with Crippen molar-refractivity contribution in [1.82, 2.24) is 10.6 Å². The van der Waals surface area contributed by atoms with Gasteiger partial charge in [-0.25, -0.2) is 4.79 Å². The molecule has 0 aromatic heterocycles. The summed E-state index contributed by atoms with van der Waals surface area (Å²) in [5.74, 6) is 0.0354. The predicted octanol–water partition coefficient (Wildman–Crippen LogP) is 1.95. The van der Waals surface area contributed by atoms with Gasteiger partial charge in [-0.2, -0.15) is 0 Å². The molecule has 7 heteroatoms. The van der Waals surface area contributed by atoms with Crippen molar-refractivity contribution in [3.8, 4) is 0 Å². The monoisotopic (exact) mass is 342 g/mol. The van der Waals surface area contributed by atoms with Crippen LogP contribution in [-0.2, 0) is 14.3 Å². The molecule has 4 bridgehead atoms. The summed E-state index contributed by atoms with van der Waals surface area (Å²) >= 11 is 6.69. The van der Waals surface area contributed by atoms with Gasteiger partial charge in [0.15, 0.2) is 6.61 Å². The molecule has 4 saturated carbocycles. The average molecular weight is 343 g/mol. The minimum atomic E-state index is -0.616. The van der Waals surface area contributed by atoms with Crippen LogP contribution < -0.4 is 10.6 Å². The van der Waals surface area contributed by atoms with Crippen molar-refractivity contribution in [3.63, 3.8) is 0 Å². The molecular formula is C16H23ClN2O4. The fourth-order valence-electron chi connectivity index (χ4n) is 5.04. The molecule has 0 aliphatic heterocycles. The largest absolute Gasteiger partial charge is 0.455 e. The first kappa shape index (κ1) is 16.6. The first-order valence-electron chi connectivity index (χ1n) is 8.28. The van der Waals surface area contributed by atoms with Gasteiger partial charge in [0, 0.05) is 11.4 Å². The SMILES string of the molecule is CCNC(=O)NC(=O)COC(=O)C12C[C@@H]3C[C@H](CC(Cl)(C3)C1)C2. The van der Waals surface area contributed by atoms with E-state index in [0.717, 1.165) is 32.1 Å². The Kier molecular flexibility index (Phi) is 4.29. The molecule has 2 atom stereocenters. The van der Waals surface area contributed by atoms with E-state index in [1.54, 1.807) is 6.92 Å². The van der Waals surface area contributed by atoms with Crippen molar-refractivity contribution >= 4 is 29.5 Å². The average Bonchev–Trinajstić information content (AvgIpc) is 2.42. The van der Waals surface area contributed by atoms with E-state index in [1.807, 2.05) is 0 Å². The number of urea groups is 1. The van der Waals surface area contributed by atoms with Crippen molar-refractivity contribution in [2.75, 3.05) is 13.2 Å². The van der Waals surface area contributed by atoms with Crippen LogP contribution in [0.5, 0.6) is 0 Å². The van der Waals surface area contributed by atoms with E-state index in [1.165, 1.54) is 0 Å². The quantitative estimate of drug-likeness (QED) is 0.604. The first-order chi connectivity index (χ1) is 10.8. The van der Waals surface area contributed by atoms with E-state index < -0.39 is 24.0 Å². The van der Waals surface area contributed by atoms with Gasteiger partial charge in [0.2, 0.25) is 0 Å². The lowest BCUT2D eigenvalue weighted by Crippen LogP contribution is -2.56. The molecular weight excluding hydrogens is 320 g/mol. The van der Waals surface area contributed by atoms with Gasteiger partial charge in [-0.1, -0.05) is 0 Å². The summed E-state index contributed by atoms with van der Waals surface area (Å²) in [6, 6.07) is -0.580. The highest BCUT2D eigenvalue weighted by Gasteiger charge is 2.60. The van der Waals surface area contributed by atoms with E-state index in [9.17, 15) is 14.4 Å². The number of alkyl halides is 1. The van der Waals surface area contributed by atoms with Crippen LogP contribution >= 0.6 is 11.6 Å². The fourth-order valence-corrected chi connectivity index (χ4v) is 5.73. The normalized spacial score (nSPS) is 37.3. The van der Waals surface area contributed by atoms with E-state index in [4.69, 9.17) is 16.3 Å². The lowest BCUT2D eigenvalue weighted by molar-refractivity contribution is -0.171. The van der Waals surface area contributed by atoms with Gasteiger partial charge in [0.05, 0.1) is 5.41 Å². The molecule has 0 aromatic rings. The molecule has 23 heavy (non-hydrogen) atoms. The van der Waals surface area contributed by atoms with Crippen molar-refractivity contribution in [3.05, 3.63) is 0 Å². The smallest absolute Gasteiger partial charge is 0.321 e. The van der Waals surface area contributed by atoms with Gasteiger partial charge in [-0.3, -0.25) is 14.9 Å². The maximum atomic E-state index is 12.6. The van der Waals surface area contributed by atoms with Crippen LogP contribution in [0.3, 0.4) is 0 Å². The van der Waals surface area contributed by atoms with Gasteiger partial charge in [-0.15, -0.1) is 11.6 Å². The molecule has 0 saturated heterocycles. The molecule has 4 aliphatic rings. The van der Waals surface area contributed by atoms with Crippen LogP contribution in [0, 0.1) is 17.3 Å². The second-order valence-corrected chi connectivity index (χ2v) is 8.18. The van der Waals surface area contributed by atoms with Crippen LogP contribution in [-0.4, -0.2) is 35.9 Å². The molecule has 4 rings (SSSR count). The summed E-state index contributed by atoms with van der Waals surface area (Å²) < 4.78 is 5.22. The van der Waals surface area contributed by atoms with Crippen molar-refractivity contribution in [2.24, 2.45) is 17.3 Å². The number of ether oxygens (including phenoxy) is 1. The van der Waals surface area contributed by atoms with Gasteiger partial charge < -0.3 is 10.1 Å². The number of imide groups is 1. The number of amides is 3. The molecule has 0 unspecified atom stereocenters. The number of esters is 1. The Labute approximate surface area is 140 Å². The van der Waals surface area contributed by atoms with Crippen molar-refractivity contribution in [1.29, 1.82) is 0 Å². The predicted molar refractivity (Wildman–Crippen MR) is 83.9 cm³/mol. The Morgan fingerprint density at radius 2 is 1.83 bits per heavy atom. The Morgan fingerprint density at radius 3 is 2.39 bits per heavy atom. The highest BCUT2D eigenvalue weighted by Crippen LogP contribution is 2.64. The number of carbonyl (C=O) groups is 3. The molecule has 3 amide bonds. The van der Waals surface area contributed by atoms with Crippen LogP contribution in [0.4, 0.5) is 4.79 Å². The Balaban J connectivity index is 1.56. The second-order valence-electron chi connectivity index (χ2n) is 7.38. The molecule has 0 heterocycles. The topological polar surface area (TPSA) is 84.5 Å². The molecule has 0 aromatic carbocycles. The zero-order chi connectivity index (χ0) is 16.7. The second kappa shape index (κ2) is 5.96. The molecule has 0 spiro atoms. The molecule has 128 valence electrons. The lowest BCUT2D eigenvalue weighted by atomic mass is 9.49. The third-order valence-corrected chi connectivity index (χ3v) is 5.79. The number of carbonyl (C=O) groups excluding carboxylic acids is 3. The first-order valence-corrected chi connectivity index (χ1v) is 8.66. The summed E-state index contributed by atoms with van der Waals surface area (Å²) in [5.41, 5.74) is -0.530. The lowest BCUT2D eigenvalue weighted by Gasteiger charge is -2.58. The summed E-state index contributed by atoms with van der Waals surface area (Å²) in [5, 5.41) is 4.57. The summed E-state index contributed by atoms with van der Waals surface area (Å²) in [7, 11) is 0. The maximum Gasteiger partial charge on any atom is 0.321 e. The van der Waals surface area contributed by atoms with Crippen molar-refractivity contribution < 1.29 is 19.1 Å². The maximum absolute atomic E-state index is 12.6. The highest BCUT2D eigenvalue weighted by atomic mass is 35.5. The third kappa shape index (κ3) is 3.32. The van der Waals surface area contributed by atoms with Crippen LogP contribution in [0.1, 0.15) is 45.4 Å². The van der Waals surface area contributed by atoms with Gasteiger partial charge in [-0.05, 0) is 57.3 Å². The van der Waals surface area contributed by atoms with E-state index in [-0.39, 0.29) is 10.8 Å². The Bertz CT molecular complexity index is 522. The van der Waals surface area contributed by atoms with E-state index in [2.05, 4.69) is 10.6 Å². The van der Waals surface area contributed by atoms with Crippen molar-refractivity contribution in [2.45, 2.75) is 50.3 Å². The zero-order valence-electron chi connectivity index (χ0n) is 13.3. The minimum Gasteiger partial charge on any atom is -0.455 e. The number of hydrogen-bond donors (Lipinski definition) is 2. The fraction of sp³-hybridized carbons (Fsp3) is 0.812. The molecule has 6 nitrogen and oxygen atoms in total. The number of nitrogens with one attached hydrogen (secondary N) is 2. The molecule has 4 aliphatic carbocycles. The van der Waals surface area contributed by atoms with Crippen LogP contribution in [0.25, 0.3) is 0 Å². The number of hydrogen-bond acceptors (Lipinski definition) is 4. The van der Waals surface area contributed by atoms with Gasteiger partial charge in [0.1, 0.15) is 0 Å². The molecule has 2 N–H and O–H groups in total. The summed E-state index contributed by atoms with van der Waals surface area (Å²) in [6.45, 7) is 1.74. The Hall–Kier alpha value is -1.30. The summed E-state index contributed by atoms with van der Waals surface area (Å²) in [6.07, 6.45) is 5.39. The van der Waals surface area contributed by atoms with Crippen LogP contribution in [0.2, 0.25) is 0 Å². The number of halogens is 1. The molecule has 4 fully saturated rings. The van der Waals surface area contributed by atoms with Crippen LogP contribution in [0.15, 0.2) is 0 Å². The highest BCUT2D eigenvalue weighted by molar-refractivity contribution is 6.24. The van der Waals surface area contributed by atoms with E-state index >= 15 is 0 Å². The molecule has 0 radical (unpaired) electrons. The minimum absolute atomic E-state index is 0.271. The zero-order valence-corrected chi connectivity index (χ0v) is 14.1. The standard InChI is InChI=1S/C16H23ClN2O4/c1-2-18-14(22)19-12(20)8-23-13(21)15-4-10-3-11(5-15)7-16(17,6-10)9-15/h10-11H,2-9H2,1H3,(H2,18,19,20,22)/t10-,11-,15?,16?/m0/s1. The van der Waals surface area contributed by atoms with Gasteiger partial charge in [0.25, 0.3) is 5.91 Å². The van der Waals surface area contributed by atoms with E-state index in [0.29, 0.717) is 24.8 Å². The Morgan fingerprint density at radius 1 is 1.17 bits per heavy atom.